The van der Waals surface area contributed by atoms with Gasteiger partial charge in [-0.1, -0.05) is 18.2 Å². The standard InChI is InChI=1S/C16H14BrNOS/c17-14-8-7-12(20)10-13(14)16(19)18-9-3-5-11-4-1-2-6-15(11)18/h1-2,4,6-8,10,20H,3,5,9H2. The largest absolute Gasteiger partial charge is 0.308 e. The molecule has 2 aromatic carbocycles. The number of nitrogens with zero attached hydrogens (tertiary/aromatic N) is 1. The zero-order valence-electron chi connectivity index (χ0n) is 10.8. The Bertz CT molecular complexity index is 671. The van der Waals surface area contributed by atoms with Crippen LogP contribution in [0.2, 0.25) is 0 Å². The van der Waals surface area contributed by atoms with Crippen LogP contribution in [0.25, 0.3) is 0 Å². The Kier molecular flexibility index (Phi) is 3.85. The molecule has 1 amide bonds. The van der Waals surface area contributed by atoms with Gasteiger partial charge in [0.05, 0.1) is 5.56 Å². The molecule has 0 spiro atoms. The number of hydrogen-bond acceptors (Lipinski definition) is 2. The number of anilines is 1. The third-order valence-corrected chi connectivity index (χ3v) is 4.51. The van der Waals surface area contributed by atoms with E-state index in [0.29, 0.717) is 5.56 Å². The average molecular weight is 348 g/mol. The van der Waals surface area contributed by atoms with Crippen LogP contribution in [0, 0.1) is 0 Å². The van der Waals surface area contributed by atoms with Crippen LogP contribution in [0.5, 0.6) is 0 Å². The Morgan fingerprint density at radius 1 is 1.20 bits per heavy atom. The van der Waals surface area contributed by atoms with E-state index in [1.807, 2.05) is 41.3 Å². The van der Waals surface area contributed by atoms with Crippen molar-refractivity contribution < 1.29 is 4.79 Å². The average Bonchev–Trinajstić information content (AvgIpc) is 2.48. The smallest absolute Gasteiger partial charge is 0.259 e. The molecule has 1 heterocycles. The third-order valence-electron chi connectivity index (χ3n) is 3.54. The van der Waals surface area contributed by atoms with Crippen molar-refractivity contribution in [2.24, 2.45) is 0 Å². The highest BCUT2D eigenvalue weighted by Gasteiger charge is 2.24. The molecule has 0 aliphatic carbocycles. The first-order valence-corrected chi connectivity index (χ1v) is 7.79. The molecular weight excluding hydrogens is 334 g/mol. The van der Waals surface area contributed by atoms with Crippen LogP contribution in [0.15, 0.2) is 51.8 Å². The minimum atomic E-state index is 0.0277. The first kappa shape index (κ1) is 13.7. The van der Waals surface area contributed by atoms with Crippen molar-refractivity contribution in [3.05, 3.63) is 58.1 Å². The summed E-state index contributed by atoms with van der Waals surface area (Å²) in [5.74, 6) is 0.0277. The molecule has 0 N–H and O–H groups in total. The van der Waals surface area contributed by atoms with Gasteiger partial charge in [-0.25, -0.2) is 0 Å². The molecule has 20 heavy (non-hydrogen) atoms. The molecule has 0 fully saturated rings. The molecule has 0 unspecified atom stereocenters. The Hall–Kier alpha value is -1.26. The molecule has 0 atom stereocenters. The van der Waals surface area contributed by atoms with Crippen molar-refractivity contribution in [1.82, 2.24) is 0 Å². The number of para-hydroxylation sites is 1. The van der Waals surface area contributed by atoms with Crippen LogP contribution >= 0.6 is 28.6 Å². The predicted molar refractivity (Wildman–Crippen MR) is 87.8 cm³/mol. The molecule has 0 aromatic heterocycles. The number of halogens is 1. The van der Waals surface area contributed by atoms with Gasteiger partial charge in [0.25, 0.3) is 5.91 Å². The van der Waals surface area contributed by atoms with Gasteiger partial charge in [0, 0.05) is 21.6 Å². The number of benzene rings is 2. The summed E-state index contributed by atoms with van der Waals surface area (Å²) in [5, 5.41) is 0. The van der Waals surface area contributed by atoms with Crippen molar-refractivity contribution in [2.45, 2.75) is 17.7 Å². The second kappa shape index (κ2) is 5.62. The van der Waals surface area contributed by atoms with Crippen LogP contribution in [0.3, 0.4) is 0 Å². The van der Waals surface area contributed by atoms with E-state index in [0.717, 1.165) is 34.4 Å². The minimum Gasteiger partial charge on any atom is -0.308 e. The molecule has 2 aromatic rings. The van der Waals surface area contributed by atoms with E-state index < -0.39 is 0 Å². The number of hydrogen-bond donors (Lipinski definition) is 1. The van der Waals surface area contributed by atoms with Gasteiger partial charge in [0.1, 0.15) is 0 Å². The lowest BCUT2D eigenvalue weighted by Gasteiger charge is -2.29. The number of aryl methyl sites for hydroxylation is 1. The van der Waals surface area contributed by atoms with E-state index in [4.69, 9.17) is 0 Å². The first-order valence-electron chi connectivity index (χ1n) is 6.55. The SMILES string of the molecule is O=C(c1cc(S)ccc1Br)N1CCCc2ccccc21. The quantitative estimate of drug-likeness (QED) is 0.761. The Labute approximate surface area is 132 Å². The molecule has 102 valence electrons. The van der Waals surface area contributed by atoms with Crippen molar-refractivity contribution in [3.63, 3.8) is 0 Å². The minimum absolute atomic E-state index is 0.0277. The number of fused-ring (bicyclic) bond motifs is 1. The number of carbonyl (C=O) groups is 1. The molecule has 1 aliphatic rings. The zero-order valence-corrected chi connectivity index (χ0v) is 13.3. The molecular formula is C16H14BrNOS. The molecule has 0 radical (unpaired) electrons. The van der Waals surface area contributed by atoms with Gasteiger partial charge in [0.2, 0.25) is 0 Å². The van der Waals surface area contributed by atoms with Crippen LogP contribution < -0.4 is 4.90 Å². The fraction of sp³-hybridized carbons (Fsp3) is 0.188. The number of amides is 1. The molecule has 0 bridgehead atoms. The predicted octanol–water partition coefficient (Wildman–Crippen LogP) is 4.33. The summed E-state index contributed by atoms with van der Waals surface area (Å²) in [5.41, 5.74) is 2.93. The summed E-state index contributed by atoms with van der Waals surface area (Å²) >= 11 is 7.78. The molecule has 2 nitrogen and oxygen atoms in total. The number of thiol groups is 1. The Morgan fingerprint density at radius 2 is 2.00 bits per heavy atom. The van der Waals surface area contributed by atoms with Crippen molar-refractivity contribution in [1.29, 1.82) is 0 Å². The normalized spacial score (nSPS) is 14.0. The highest BCUT2D eigenvalue weighted by atomic mass is 79.9. The monoisotopic (exact) mass is 347 g/mol. The fourth-order valence-electron chi connectivity index (χ4n) is 2.57. The number of carbonyl (C=O) groups excluding carboxylic acids is 1. The number of rotatable bonds is 1. The summed E-state index contributed by atoms with van der Waals surface area (Å²) in [6.45, 7) is 0.763. The maximum absolute atomic E-state index is 12.8. The third kappa shape index (κ3) is 2.50. The Morgan fingerprint density at radius 3 is 2.85 bits per heavy atom. The van der Waals surface area contributed by atoms with Crippen LogP contribution in [-0.2, 0) is 6.42 Å². The fourth-order valence-corrected chi connectivity index (χ4v) is 3.19. The van der Waals surface area contributed by atoms with E-state index >= 15 is 0 Å². The van der Waals surface area contributed by atoms with Crippen molar-refractivity contribution >= 4 is 40.2 Å². The zero-order chi connectivity index (χ0) is 14.1. The van der Waals surface area contributed by atoms with Gasteiger partial charge < -0.3 is 4.90 Å². The van der Waals surface area contributed by atoms with Gasteiger partial charge in [0.15, 0.2) is 0 Å². The van der Waals surface area contributed by atoms with Crippen LogP contribution in [-0.4, -0.2) is 12.5 Å². The highest BCUT2D eigenvalue weighted by molar-refractivity contribution is 9.10. The van der Waals surface area contributed by atoms with Gasteiger partial charge >= 0.3 is 0 Å². The van der Waals surface area contributed by atoms with E-state index in [9.17, 15) is 4.79 Å². The van der Waals surface area contributed by atoms with Gasteiger partial charge in [-0.15, -0.1) is 12.6 Å². The summed E-state index contributed by atoms with van der Waals surface area (Å²) in [6.07, 6.45) is 2.04. The lowest BCUT2D eigenvalue weighted by atomic mass is 10.0. The van der Waals surface area contributed by atoms with Gasteiger partial charge in [-0.3, -0.25) is 4.79 Å². The summed E-state index contributed by atoms with van der Waals surface area (Å²) in [4.78, 5) is 15.5. The highest BCUT2D eigenvalue weighted by Crippen LogP contribution is 2.30. The lowest BCUT2D eigenvalue weighted by molar-refractivity contribution is 0.0984. The summed E-state index contributed by atoms with van der Waals surface area (Å²) < 4.78 is 0.809. The molecule has 4 heteroatoms. The van der Waals surface area contributed by atoms with Gasteiger partial charge in [-0.05, 0) is 58.6 Å². The maximum atomic E-state index is 12.8. The van der Waals surface area contributed by atoms with E-state index in [2.05, 4.69) is 34.6 Å². The van der Waals surface area contributed by atoms with E-state index in [-0.39, 0.29) is 5.91 Å². The van der Waals surface area contributed by atoms with Crippen molar-refractivity contribution in [2.75, 3.05) is 11.4 Å². The summed E-state index contributed by atoms with van der Waals surface area (Å²) in [6, 6.07) is 13.7. The van der Waals surface area contributed by atoms with Gasteiger partial charge in [-0.2, -0.15) is 0 Å². The molecule has 0 saturated heterocycles. The van der Waals surface area contributed by atoms with Crippen LogP contribution in [0.4, 0.5) is 5.69 Å². The first-order chi connectivity index (χ1) is 9.66. The topological polar surface area (TPSA) is 20.3 Å². The van der Waals surface area contributed by atoms with Crippen molar-refractivity contribution in [3.8, 4) is 0 Å². The Balaban J connectivity index is 2.02. The second-order valence-electron chi connectivity index (χ2n) is 4.85. The summed E-state index contributed by atoms with van der Waals surface area (Å²) in [7, 11) is 0. The molecule has 3 rings (SSSR count). The molecule has 1 aliphatic heterocycles. The van der Waals surface area contributed by atoms with E-state index in [1.54, 1.807) is 0 Å². The second-order valence-corrected chi connectivity index (χ2v) is 6.22. The lowest BCUT2D eigenvalue weighted by Crippen LogP contribution is -2.35. The van der Waals surface area contributed by atoms with E-state index in [1.165, 1.54) is 5.56 Å². The molecule has 0 saturated carbocycles. The maximum Gasteiger partial charge on any atom is 0.259 e. The van der Waals surface area contributed by atoms with Crippen LogP contribution in [0.1, 0.15) is 22.3 Å².